The lowest BCUT2D eigenvalue weighted by Crippen LogP contribution is -2.30. The van der Waals surface area contributed by atoms with Crippen LogP contribution in [0.1, 0.15) is 55.9 Å². The van der Waals surface area contributed by atoms with E-state index in [1.54, 1.807) is 0 Å². The fourth-order valence-electron chi connectivity index (χ4n) is 6.34. The maximum Gasteiger partial charge on any atom is 0.169 e. The van der Waals surface area contributed by atoms with Gasteiger partial charge in [-0.05, 0) is 89.5 Å². The first-order valence-corrected chi connectivity index (χ1v) is 14.5. The molecule has 5 aromatic rings. The fraction of sp³-hybridized carbons (Fsp3) is 0.184. The molecule has 0 amide bonds. The highest BCUT2D eigenvalue weighted by atomic mass is 15.1. The molecule has 1 aromatic heterocycles. The lowest BCUT2D eigenvalue weighted by Gasteiger charge is -2.32. The summed E-state index contributed by atoms with van der Waals surface area (Å²) in [6.45, 7) is 7.84. The molecule has 0 unspecified atom stereocenters. The second-order valence-corrected chi connectivity index (χ2v) is 10.6. The van der Waals surface area contributed by atoms with E-state index in [4.69, 9.17) is 0 Å². The molecule has 1 aliphatic rings. The van der Waals surface area contributed by atoms with Crippen LogP contribution in [0, 0.1) is 0 Å². The van der Waals surface area contributed by atoms with E-state index >= 15 is 0 Å². The summed E-state index contributed by atoms with van der Waals surface area (Å²) >= 11 is 0. The van der Waals surface area contributed by atoms with Crippen molar-refractivity contribution in [3.63, 3.8) is 0 Å². The third-order valence-corrected chi connectivity index (χ3v) is 8.61. The standard InChI is InChI=1S/C38H37N2/c1-4-38(5-2)36-27-30(18-17-29-23-25-39(6-3)26-24-29)19-21-34(36)35-22-20-33(28-37(35)38)40(31-13-9-7-10-14-31)32-15-11-8-12-16-32/h7-28H,4-6H2,1-3H3/q+1. The third kappa shape index (κ3) is 4.54. The van der Waals surface area contributed by atoms with Crippen LogP contribution in [-0.2, 0) is 12.0 Å². The Morgan fingerprint density at radius 3 is 1.70 bits per heavy atom. The molecular weight excluding hydrogens is 484 g/mol. The maximum absolute atomic E-state index is 2.45. The van der Waals surface area contributed by atoms with Crippen molar-refractivity contribution in [2.45, 2.75) is 45.6 Å². The SMILES string of the molecule is CC[n+]1ccc(/C=C/c2ccc3c(c2)C(CC)(CC)c2cc(N(c4ccccc4)c4ccccc4)ccc2-3)cc1. The van der Waals surface area contributed by atoms with E-state index in [0.29, 0.717) is 0 Å². The van der Waals surface area contributed by atoms with Crippen molar-refractivity contribution in [1.82, 2.24) is 0 Å². The summed E-state index contributed by atoms with van der Waals surface area (Å²) in [4.78, 5) is 2.37. The van der Waals surface area contributed by atoms with Crippen LogP contribution in [0.4, 0.5) is 17.1 Å². The number of fused-ring (bicyclic) bond motifs is 3. The Labute approximate surface area is 238 Å². The van der Waals surface area contributed by atoms with Crippen molar-refractivity contribution in [2.24, 2.45) is 0 Å². The van der Waals surface area contributed by atoms with Crippen LogP contribution in [-0.4, -0.2) is 0 Å². The molecule has 0 spiro atoms. The Balaban J connectivity index is 1.42. The Morgan fingerprint density at radius 1 is 0.575 bits per heavy atom. The largest absolute Gasteiger partial charge is 0.310 e. The lowest BCUT2D eigenvalue weighted by atomic mass is 9.73. The van der Waals surface area contributed by atoms with Crippen LogP contribution in [0.2, 0.25) is 0 Å². The topological polar surface area (TPSA) is 7.12 Å². The van der Waals surface area contributed by atoms with Crippen LogP contribution in [0.15, 0.2) is 122 Å². The molecule has 0 atom stereocenters. The van der Waals surface area contributed by atoms with Gasteiger partial charge >= 0.3 is 0 Å². The molecule has 40 heavy (non-hydrogen) atoms. The highest BCUT2D eigenvalue weighted by molar-refractivity contribution is 5.87. The van der Waals surface area contributed by atoms with Crippen molar-refractivity contribution in [3.8, 4) is 11.1 Å². The Kier molecular flexibility index (Phi) is 7.09. The van der Waals surface area contributed by atoms with E-state index in [2.05, 4.69) is 164 Å². The number of rotatable bonds is 8. The van der Waals surface area contributed by atoms with Gasteiger partial charge < -0.3 is 4.90 Å². The molecule has 2 heteroatoms. The molecule has 0 fully saturated rings. The van der Waals surface area contributed by atoms with Crippen molar-refractivity contribution in [2.75, 3.05) is 4.90 Å². The molecule has 1 heterocycles. The summed E-state index contributed by atoms with van der Waals surface area (Å²) < 4.78 is 2.19. The average Bonchev–Trinajstić information content (AvgIpc) is 3.30. The minimum atomic E-state index is -0.0109. The molecule has 0 saturated heterocycles. The van der Waals surface area contributed by atoms with Gasteiger partial charge in [0.05, 0.1) is 0 Å². The van der Waals surface area contributed by atoms with Gasteiger partial charge in [-0.2, -0.15) is 0 Å². The first kappa shape index (κ1) is 25.8. The maximum atomic E-state index is 2.45. The fourth-order valence-corrected chi connectivity index (χ4v) is 6.34. The number of pyridine rings is 1. The van der Waals surface area contributed by atoms with Gasteiger partial charge in [-0.25, -0.2) is 4.57 Å². The van der Waals surface area contributed by atoms with Crippen LogP contribution in [0.3, 0.4) is 0 Å². The van der Waals surface area contributed by atoms with Crippen molar-refractivity contribution in [3.05, 3.63) is 144 Å². The predicted octanol–water partition coefficient (Wildman–Crippen LogP) is 9.72. The van der Waals surface area contributed by atoms with Gasteiger partial charge in [0.1, 0.15) is 6.54 Å². The zero-order valence-electron chi connectivity index (χ0n) is 23.7. The minimum absolute atomic E-state index is 0.0109. The molecular formula is C38H37N2+. The Morgan fingerprint density at radius 2 is 1.12 bits per heavy atom. The molecule has 0 saturated carbocycles. The molecule has 4 aromatic carbocycles. The highest BCUT2D eigenvalue weighted by Crippen LogP contribution is 2.54. The van der Waals surface area contributed by atoms with Gasteiger partial charge in [-0.15, -0.1) is 0 Å². The molecule has 6 rings (SSSR count). The zero-order valence-corrected chi connectivity index (χ0v) is 23.7. The van der Waals surface area contributed by atoms with Gasteiger partial charge in [-0.1, -0.05) is 86.7 Å². The predicted molar refractivity (Wildman–Crippen MR) is 169 cm³/mol. The highest BCUT2D eigenvalue weighted by Gasteiger charge is 2.41. The van der Waals surface area contributed by atoms with Crippen LogP contribution in [0.25, 0.3) is 23.3 Å². The van der Waals surface area contributed by atoms with Crippen LogP contribution < -0.4 is 9.47 Å². The van der Waals surface area contributed by atoms with Gasteiger partial charge in [-0.3, -0.25) is 0 Å². The number of aromatic nitrogens is 1. The van der Waals surface area contributed by atoms with E-state index in [1.807, 2.05) is 0 Å². The summed E-state index contributed by atoms with van der Waals surface area (Å²) in [6.07, 6.45) is 10.9. The summed E-state index contributed by atoms with van der Waals surface area (Å²) in [6, 6.07) is 39.8. The summed E-state index contributed by atoms with van der Waals surface area (Å²) in [5.74, 6) is 0. The quantitative estimate of drug-likeness (QED) is 0.184. The second-order valence-electron chi connectivity index (χ2n) is 10.6. The van der Waals surface area contributed by atoms with Crippen LogP contribution >= 0.6 is 0 Å². The summed E-state index contributed by atoms with van der Waals surface area (Å²) in [7, 11) is 0. The number of hydrogen-bond donors (Lipinski definition) is 0. The lowest BCUT2D eigenvalue weighted by molar-refractivity contribution is -0.693. The molecule has 2 nitrogen and oxygen atoms in total. The third-order valence-electron chi connectivity index (χ3n) is 8.61. The molecule has 0 N–H and O–H groups in total. The van der Waals surface area contributed by atoms with E-state index in [0.717, 1.165) is 19.4 Å². The van der Waals surface area contributed by atoms with Crippen LogP contribution in [0.5, 0.6) is 0 Å². The van der Waals surface area contributed by atoms with Gasteiger partial charge in [0.15, 0.2) is 12.4 Å². The summed E-state index contributed by atoms with van der Waals surface area (Å²) in [5.41, 5.74) is 11.6. The number of hydrogen-bond acceptors (Lipinski definition) is 1. The van der Waals surface area contributed by atoms with E-state index < -0.39 is 0 Å². The molecule has 0 aliphatic heterocycles. The molecule has 198 valence electrons. The van der Waals surface area contributed by atoms with Crippen molar-refractivity contribution < 1.29 is 4.57 Å². The van der Waals surface area contributed by atoms with E-state index in [9.17, 15) is 0 Å². The first-order chi connectivity index (χ1) is 19.7. The zero-order chi connectivity index (χ0) is 27.5. The first-order valence-electron chi connectivity index (χ1n) is 14.5. The monoisotopic (exact) mass is 521 g/mol. The van der Waals surface area contributed by atoms with Gasteiger partial charge in [0.2, 0.25) is 0 Å². The van der Waals surface area contributed by atoms with E-state index in [-0.39, 0.29) is 5.41 Å². The smallest absolute Gasteiger partial charge is 0.169 e. The van der Waals surface area contributed by atoms with Crippen molar-refractivity contribution >= 4 is 29.2 Å². The van der Waals surface area contributed by atoms with E-state index in [1.165, 1.54) is 50.4 Å². The normalized spacial score (nSPS) is 13.3. The number of nitrogens with zero attached hydrogens (tertiary/aromatic N) is 2. The van der Waals surface area contributed by atoms with Gasteiger partial charge in [0.25, 0.3) is 0 Å². The molecule has 0 radical (unpaired) electrons. The second kappa shape index (κ2) is 11.0. The summed E-state index contributed by atoms with van der Waals surface area (Å²) in [5, 5.41) is 0. The van der Waals surface area contributed by atoms with Crippen molar-refractivity contribution in [1.29, 1.82) is 0 Å². The Bertz CT molecular complexity index is 1590. The van der Waals surface area contributed by atoms with Gasteiger partial charge in [0, 0.05) is 34.6 Å². The molecule has 0 bridgehead atoms. The Hall–Kier alpha value is -4.43. The molecule has 1 aliphatic carbocycles. The number of anilines is 3. The number of aryl methyl sites for hydroxylation is 1. The minimum Gasteiger partial charge on any atom is -0.310 e. The average molecular weight is 522 g/mol. The number of benzene rings is 4. The number of para-hydroxylation sites is 2.